The van der Waals surface area contributed by atoms with Crippen LogP contribution in [0.15, 0.2) is 0 Å². The molecule has 0 aromatic heterocycles. The van der Waals surface area contributed by atoms with E-state index in [4.69, 9.17) is 18.9 Å². The lowest BCUT2D eigenvalue weighted by Gasteiger charge is -2.19. The predicted molar refractivity (Wildman–Crippen MR) is 122 cm³/mol. The van der Waals surface area contributed by atoms with E-state index in [9.17, 15) is 0 Å². The maximum absolute atomic E-state index is 5.27. The number of rotatable bonds is 4. The van der Waals surface area contributed by atoms with Gasteiger partial charge in [-0.15, -0.1) is 0 Å². The van der Waals surface area contributed by atoms with Crippen LogP contribution in [0.3, 0.4) is 0 Å². The van der Waals surface area contributed by atoms with Crippen LogP contribution < -0.4 is 0 Å². The normalized spacial score (nSPS) is 23.6. The standard InChI is InChI=1S/C8H16O.C7H14O.C6H12O.C4H8O/c1-9-8-6-4-2-3-5-7-8;1-8-7-5-3-2-4-6-7;1-7-6-4-2-3-5-6;1-5-4-2-3-4/h8H,2-7H2,1H3;7H,2-6H2,1H3;6H,2-5H2,1H3;4H,2-3H2,1H3. The van der Waals surface area contributed by atoms with Crippen LogP contribution in [-0.4, -0.2) is 52.9 Å². The van der Waals surface area contributed by atoms with E-state index in [1.807, 2.05) is 14.2 Å². The van der Waals surface area contributed by atoms with Crippen molar-refractivity contribution in [2.24, 2.45) is 0 Å². The van der Waals surface area contributed by atoms with Crippen LogP contribution in [0.25, 0.3) is 0 Å². The molecule has 0 heterocycles. The summed E-state index contributed by atoms with van der Waals surface area (Å²) in [6, 6.07) is 0. The van der Waals surface area contributed by atoms with E-state index in [0.29, 0.717) is 24.4 Å². The molecule has 4 heteroatoms. The molecule has 0 amide bonds. The second-order valence-corrected chi connectivity index (χ2v) is 8.92. The molecule has 4 saturated carbocycles. The van der Waals surface area contributed by atoms with Gasteiger partial charge in [-0.25, -0.2) is 0 Å². The van der Waals surface area contributed by atoms with Crippen LogP contribution in [0.1, 0.15) is 109 Å². The molecule has 0 saturated heterocycles. The topological polar surface area (TPSA) is 36.9 Å². The Hall–Kier alpha value is -0.160. The van der Waals surface area contributed by atoms with E-state index in [1.165, 1.54) is 109 Å². The Balaban J connectivity index is 0.000000197. The lowest BCUT2D eigenvalue weighted by atomic mass is 9.98. The summed E-state index contributed by atoms with van der Waals surface area (Å²) in [4.78, 5) is 0. The van der Waals surface area contributed by atoms with E-state index in [-0.39, 0.29) is 0 Å². The van der Waals surface area contributed by atoms with Gasteiger partial charge < -0.3 is 18.9 Å². The van der Waals surface area contributed by atoms with Gasteiger partial charge in [0, 0.05) is 28.4 Å². The lowest BCUT2D eigenvalue weighted by molar-refractivity contribution is 0.0710. The molecule has 0 unspecified atom stereocenters. The van der Waals surface area contributed by atoms with Crippen molar-refractivity contribution in [1.29, 1.82) is 0 Å². The fraction of sp³-hybridized carbons (Fsp3) is 1.00. The molecule has 4 nitrogen and oxygen atoms in total. The van der Waals surface area contributed by atoms with Crippen LogP contribution >= 0.6 is 0 Å². The molecule has 4 fully saturated rings. The summed E-state index contributed by atoms with van der Waals surface area (Å²) in [5.74, 6) is 0. The van der Waals surface area contributed by atoms with Gasteiger partial charge in [-0.2, -0.15) is 0 Å². The molecule has 4 aliphatic carbocycles. The smallest absolute Gasteiger partial charge is 0.0573 e. The third-order valence-corrected chi connectivity index (χ3v) is 6.51. The van der Waals surface area contributed by atoms with Gasteiger partial charge >= 0.3 is 0 Å². The molecule has 4 rings (SSSR count). The van der Waals surface area contributed by atoms with Crippen molar-refractivity contribution >= 4 is 0 Å². The van der Waals surface area contributed by atoms with Gasteiger partial charge in [-0.3, -0.25) is 0 Å². The third kappa shape index (κ3) is 15.3. The van der Waals surface area contributed by atoms with Gasteiger partial charge in [0.15, 0.2) is 0 Å². The summed E-state index contributed by atoms with van der Waals surface area (Å²) in [5, 5.41) is 0. The largest absolute Gasteiger partial charge is 0.381 e. The molecule has 174 valence electrons. The van der Waals surface area contributed by atoms with E-state index < -0.39 is 0 Å². The summed E-state index contributed by atoms with van der Waals surface area (Å²) in [5.41, 5.74) is 0. The Morgan fingerprint density at radius 2 is 0.517 bits per heavy atom. The SMILES string of the molecule is COC1CC1.COC1CCCC1.COC1CCCCC1.COC1CCCCCC1. The van der Waals surface area contributed by atoms with Crippen molar-refractivity contribution in [3.63, 3.8) is 0 Å². The molecule has 0 N–H and O–H groups in total. The Morgan fingerprint density at radius 3 is 0.724 bits per heavy atom. The quantitative estimate of drug-likeness (QED) is 0.480. The number of ether oxygens (including phenoxy) is 4. The summed E-state index contributed by atoms with van der Waals surface area (Å²) >= 11 is 0. The van der Waals surface area contributed by atoms with Crippen molar-refractivity contribution in [2.45, 2.75) is 134 Å². The summed E-state index contributed by atoms with van der Waals surface area (Å²) in [6.07, 6.45) is 25.2. The molecule has 0 aromatic carbocycles. The van der Waals surface area contributed by atoms with Crippen LogP contribution in [-0.2, 0) is 18.9 Å². The first-order valence-corrected chi connectivity index (χ1v) is 12.3. The number of methoxy groups -OCH3 is 4. The van der Waals surface area contributed by atoms with Crippen molar-refractivity contribution in [2.75, 3.05) is 28.4 Å². The van der Waals surface area contributed by atoms with Gasteiger partial charge in [0.2, 0.25) is 0 Å². The van der Waals surface area contributed by atoms with E-state index in [0.717, 1.165) is 0 Å². The molecule has 29 heavy (non-hydrogen) atoms. The summed E-state index contributed by atoms with van der Waals surface area (Å²) in [6.45, 7) is 0. The predicted octanol–water partition coefficient (Wildman–Crippen LogP) is 6.69. The molecule has 0 radical (unpaired) electrons. The summed E-state index contributed by atoms with van der Waals surface area (Å²) in [7, 11) is 7.21. The molecule has 0 aliphatic heterocycles. The van der Waals surface area contributed by atoms with Crippen LogP contribution in [0.5, 0.6) is 0 Å². The average molecular weight is 415 g/mol. The van der Waals surface area contributed by atoms with Crippen LogP contribution in [0, 0.1) is 0 Å². The minimum atomic E-state index is 0.576. The fourth-order valence-corrected chi connectivity index (χ4v) is 4.21. The van der Waals surface area contributed by atoms with Gasteiger partial charge in [0.05, 0.1) is 24.4 Å². The molecular weight excluding hydrogens is 364 g/mol. The van der Waals surface area contributed by atoms with E-state index in [1.54, 1.807) is 14.2 Å². The molecular formula is C25H50O4. The monoisotopic (exact) mass is 414 g/mol. The highest BCUT2D eigenvalue weighted by Gasteiger charge is 2.19. The summed E-state index contributed by atoms with van der Waals surface area (Å²) < 4.78 is 20.4. The van der Waals surface area contributed by atoms with Gasteiger partial charge in [0.25, 0.3) is 0 Å². The molecule has 4 aliphatic rings. The maximum Gasteiger partial charge on any atom is 0.0573 e. The molecule has 0 spiro atoms. The average Bonchev–Trinajstić information content (AvgIpc) is 3.55. The first-order valence-electron chi connectivity index (χ1n) is 12.3. The third-order valence-electron chi connectivity index (χ3n) is 6.51. The van der Waals surface area contributed by atoms with E-state index >= 15 is 0 Å². The Morgan fingerprint density at radius 1 is 0.310 bits per heavy atom. The first kappa shape index (κ1) is 26.9. The highest BCUT2D eigenvalue weighted by Crippen LogP contribution is 2.22. The Labute approximate surface area is 181 Å². The Bertz CT molecular complexity index is 326. The molecule has 0 bridgehead atoms. The second kappa shape index (κ2) is 18.6. The zero-order chi connectivity index (χ0) is 21.2. The maximum atomic E-state index is 5.27. The number of hydrogen-bond acceptors (Lipinski definition) is 4. The molecule has 0 atom stereocenters. The van der Waals surface area contributed by atoms with Crippen LogP contribution in [0.4, 0.5) is 0 Å². The highest BCUT2D eigenvalue weighted by atomic mass is 16.5. The van der Waals surface area contributed by atoms with Crippen molar-refractivity contribution in [3.8, 4) is 0 Å². The lowest BCUT2D eigenvalue weighted by Crippen LogP contribution is -2.13. The van der Waals surface area contributed by atoms with Crippen LogP contribution in [0.2, 0.25) is 0 Å². The Kier molecular flexibility index (Phi) is 17.2. The van der Waals surface area contributed by atoms with E-state index in [2.05, 4.69) is 0 Å². The van der Waals surface area contributed by atoms with Crippen molar-refractivity contribution < 1.29 is 18.9 Å². The first-order chi connectivity index (χ1) is 14.2. The van der Waals surface area contributed by atoms with Gasteiger partial charge in [-0.05, 0) is 51.4 Å². The van der Waals surface area contributed by atoms with Crippen molar-refractivity contribution in [3.05, 3.63) is 0 Å². The number of hydrogen-bond donors (Lipinski definition) is 0. The zero-order valence-electron chi connectivity index (χ0n) is 20.0. The minimum absolute atomic E-state index is 0.576. The zero-order valence-corrected chi connectivity index (χ0v) is 20.0. The van der Waals surface area contributed by atoms with Gasteiger partial charge in [-0.1, -0.05) is 57.8 Å². The highest BCUT2D eigenvalue weighted by molar-refractivity contribution is 4.71. The van der Waals surface area contributed by atoms with Crippen molar-refractivity contribution in [1.82, 2.24) is 0 Å². The van der Waals surface area contributed by atoms with Gasteiger partial charge in [0.1, 0.15) is 0 Å². The fourth-order valence-electron chi connectivity index (χ4n) is 4.21. The second-order valence-electron chi connectivity index (χ2n) is 8.92. The minimum Gasteiger partial charge on any atom is -0.381 e. The molecule has 0 aromatic rings.